The minimum atomic E-state index is -0.729. The molecule has 3 heterocycles. The lowest BCUT2D eigenvalue weighted by atomic mass is 9.97. The molecule has 4 rings (SSSR count). The highest BCUT2D eigenvalue weighted by Gasteiger charge is 2.32. The maximum Gasteiger partial charge on any atom is 0.309 e. The topological polar surface area (TPSA) is 92.4 Å². The molecule has 156 valence electrons. The van der Waals surface area contributed by atoms with Crippen LogP contribution in [-0.4, -0.2) is 44.2 Å². The zero-order valence-corrected chi connectivity index (χ0v) is 17.5. The van der Waals surface area contributed by atoms with Crippen LogP contribution < -0.4 is 0 Å². The Balaban J connectivity index is 1.43. The fraction of sp³-hybridized carbons (Fsp3) is 0.391. The molecule has 0 atom stereocenters. The van der Waals surface area contributed by atoms with Crippen molar-refractivity contribution in [2.75, 3.05) is 13.1 Å². The zero-order valence-electron chi connectivity index (χ0n) is 17.5. The quantitative estimate of drug-likeness (QED) is 0.637. The van der Waals surface area contributed by atoms with E-state index in [-0.39, 0.29) is 5.92 Å². The van der Waals surface area contributed by atoms with Crippen LogP contribution in [0.5, 0.6) is 0 Å². The first-order chi connectivity index (χ1) is 14.4. The van der Waals surface area contributed by atoms with Crippen molar-refractivity contribution in [1.29, 1.82) is 0 Å². The second kappa shape index (κ2) is 8.36. The Morgan fingerprint density at radius 3 is 2.63 bits per heavy atom. The number of pyridine rings is 1. The van der Waals surface area contributed by atoms with Crippen LogP contribution in [0.25, 0.3) is 22.8 Å². The van der Waals surface area contributed by atoms with Gasteiger partial charge in [-0.05, 0) is 54.7 Å². The predicted octanol–water partition coefficient (Wildman–Crippen LogP) is 3.82. The summed E-state index contributed by atoms with van der Waals surface area (Å²) >= 11 is 0. The number of carboxylic acid groups (broad SMARTS) is 1. The van der Waals surface area contributed by atoms with Gasteiger partial charge in [0.15, 0.2) is 0 Å². The van der Waals surface area contributed by atoms with Crippen molar-refractivity contribution in [1.82, 2.24) is 20.0 Å². The normalized spacial score (nSPS) is 14.8. The fourth-order valence-electron chi connectivity index (χ4n) is 3.69. The summed E-state index contributed by atoms with van der Waals surface area (Å²) in [5, 5.41) is 13.1. The van der Waals surface area contributed by atoms with Crippen LogP contribution in [0.1, 0.15) is 30.7 Å². The summed E-state index contributed by atoms with van der Waals surface area (Å²) in [4.78, 5) is 22.0. The molecular formula is C23H26N4O3. The highest BCUT2D eigenvalue weighted by Crippen LogP contribution is 2.25. The molecule has 30 heavy (non-hydrogen) atoms. The average Bonchev–Trinajstić information content (AvgIpc) is 3.16. The molecule has 1 fully saturated rings. The van der Waals surface area contributed by atoms with E-state index in [0.717, 1.165) is 23.2 Å². The van der Waals surface area contributed by atoms with Crippen molar-refractivity contribution in [3.63, 3.8) is 0 Å². The second-order valence-electron chi connectivity index (χ2n) is 8.43. The number of nitrogens with zero attached hydrogens (tertiary/aromatic N) is 4. The van der Waals surface area contributed by atoms with E-state index in [9.17, 15) is 4.79 Å². The second-order valence-corrected chi connectivity index (χ2v) is 8.43. The van der Waals surface area contributed by atoms with Crippen LogP contribution in [0, 0.1) is 18.8 Å². The molecule has 2 aromatic heterocycles. The Hall–Kier alpha value is -3.06. The Kier molecular flexibility index (Phi) is 5.63. The van der Waals surface area contributed by atoms with E-state index in [2.05, 4.69) is 52.9 Å². The SMILES string of the molecule is Cc1cc(-c2nc(-c3ccc(CN4CC(C(=O)O)C4)nc3)no2)ccc1CC(C)C. The van der Waals surface area contributed by atoms with Gasteiger partial charge in [0.2, 0.25) is 5.82 Å². The standard InChI is InChI=1S/C23H26N4O3/c1-14(2)8-16-4-5-17(9-15(16)3)22-25-21(26-30-22)18-6-7-20(24-10-18)13-27-11-19(12-27)23(28)29/h4-7,9-10,14,19H,8,11-13H2,1-3H3,(H,28,29). The monoisotopic (exact) mass is 406 g/mol. The van der Waals surface area contributed by atoms with Gasteiger partial charge in [0.1, 0.15) is 0 Å². The molecule has 7 heteroatoms. The van der Waals surface area contributed by atoms with Crippen molar-refractivity contribution >= 4 is 5.97 Å². The van der Waals surface area contributed by atoms with Crippen LogP contribution in [0.3, 0.4) is 0 Å². The molecule has 1 aliphatic rings. The van der Waals surface area contributed by atoms with Crippen LogP contribution in [-0.2, 0) is 17.8 Å². The number of likely N-dealkylation sites (tertiary alicyclic amines) is 1. The van der Waals surface area contributed by atoms with Gasteiger partial charge < -0.3 is 9.63 Å². The zero-order chi connectivity index (χ0) is 21.3. The first-order valence-corrected chi connectivity index (χ1v) is 10.2. The number of carboxylic acids is 1. The minimum absolute atomic E-state index is 0.259. The van der Waals surface area contributed by atoms with Crippen LogP contribution in [0.4, 0.5) is 0 Å². The van der Waals surface area contributed by atoms with Gasteiger partial charge >= 0.3 is 5.97 Å². The molecule has 0 saturated carbocycles. The van der Waals surface area contributed by atoms with Crippen molar-refractivity contribution < 1.29 is 14.4 Å². The predicted molar refractivity (Wildman–Crippen MR) is 113 cm³/mol. The molecule has 3 aromatic rings. The maximum absolute atomic E-state index is 10.9. The number of aryl methyl sites for hydroxylation is 1. The van der Waals surface area contributed by atoms with E-state index in [0.29, 0.717) is 37.3 Å². The van der Waals surface area contributed by atoms with Gasteiger partial charge in [0.25, 0.3) is 5.89 Å². The van der Waals surface area contributed by atoms with Gasteiger partial charge in [0, 0.05) is 37.0 Å². The lowest BCUT2D eigenvalue weighted by Crippen LogP contribution is -2.49. The number of benzene rings is 1. The first kappa shape index (κ1) is 20.2. The number of carbonyl (C=O) groups is 1. The summed E-state index contributed by atoms with van der Waals surface area (Å²) in [5.74, 6) is 0.619. The molecule has 0 bridgehead atoms. The van der Waals surface area contributed by atoms with Crippen molar-refractivity contribution in [3.05, 3.63) is 53.3 Å². The molecule has 1 aliphatic heterocycles. The van der Waals surface area contributed by atoms with Crippen molar-refractivity contribution in [3.8, 4) is 22.8 Å². The number of rotatable bonds is 7. The molecule has 1 saturated heterocycles. The van der Waals surface area contributed by atoms with E-state index >= 15 is 0 Å². The van der Waals surface area contributed by atoms with Crippen LogP contribution in [0.15, 0.2) is 41.1 Å². The summed E-state index contributed by atoms with van der Waals surface area (Å²) in [6, 6.07) is 10.1. The maximum atomic E-state index is 10.9. The average molecular weight is 406 g/mol. The van der Waals surface area contributed by atoms with Gasteiger partial charge in [-0.2, -0.15) is 4.98 Å². The molecule has 0 unspecified atom stereocenters. The Morgan fingerprint density at radius 2 is 2.00 bits per heavy atom. The molecular weight excluding hydrogens is 380 g/mol. The van der Waals surface area contributed by atoms with Gasteiger partial charge in [-0.25, -0.2) is 0 Å². The van der Waals surface area contributed by atoms with Gasteiger partial charge in [0.05, 0.1) is 11.6 Å². The van der Waals surface area contributed by atoms with Crippen LogP contribution >= 0.6 is 0 Å². The Morgan fingerprint density at radius 1 is 1.23 bits per heavy atom. The molecule has 1 aromatic carbocycles. The molecule has 0 spiro atoms. The smallest absolute Gasteiger partial charge is 0.309 e. The number of aromatic nitrogens is 3. The number of hydrogen-bond acceptors (Lipinski definition) is 6. The molecule has 7 nitrogen and oxygen atoms in total. The molecule has 1 N–H and O–H groups in total. The van der Waals surface area contributed by atoms with Crippen molar-refractivity contribution in [2.24, 2.45) is 11.8 Å². The van der Waals surface area contributed by atoms with Gasteiger partial charge in [-0.1, -0.05) is 25.1 Å². The van der Waals surface area contributed by atoms with Crippen LogP contribution in [0.2, 0.25) is 0 Å². The van der Waals surface area contributed by atoms with E-state index < -0.39 is 5.97 Å². The highest BCUT2D eigenvalue weighted by atomic mass is 16.5. The van der Waals surface area contributed by atoms with Crippen molar-refractivity contribution in [2.45, 2.75) is 33.7 Å². The highest BCUT2D eigenvalue weighted by molar-refractivity contribution is 5.71. The van der Waals surface area contributed by atoms with E-state index in [1.165, 1.54) is 11.1 Å². The van der Waals surface area contributed by atoms with E-state index in [1.807, 2.05) is 18.2 Å². The number of hydrogen-bond donors (Lipinski definition) is 1. The molecule has 0 amide bonds. The first-order valence-electron chi connectivity index (χ1n) is 10.2. The third-order valence-electron chi connectivity index (χ3n) is 5.42. The van der Waals surface area contributed by atoms with E-state index in [4.69, 9.17) is 9.63 Å². The summed E-state index contributed by atoms with van der Waals surface area (Å²) < 4.78 is 5.48. The van der Waals surface area contributed by atoms with E-state index in [1.54, 1.807) is 6.20 Å². The lowest BCUT2D eigenvalue weighted by Gasteiger charge is -2.36. The summed E-state index contributed by atoms with van der Waals surface area (Å²) in [5.41, 5.74) is 5.15. The summed E-state index contributed by atoms with van der Waals surface area (Å²) in [7, 11) is 0. The minimum Gasteiger partial charge on any atom is -0.481 e. The third-order valence-corrected chi connectivity index (χ3v) is 5.42. The van der Waals surface area contributed by atoms with Gasteiger partial charge in [-0.3, -0.25) is 14.7 Å². The third kappa shape index (κ3) is 4.41. The summed E-state index contributed by atoms with van der Waals surface area (Å²) in [6.45, 7) is 8.33. The summed E-state index contributed by atoms with van der Waals surface area (Å²) in [6.07, 6.45) is 2.78. The van der Waals surface area contributed by atoms with Gasteiger partial charge in [-0.15, -0.1) is 0 Å². The molecule has 0 radical (unpaired) electrons. The Labute approximate surface area is 175 Å². The number of aliphatic carboxylic acids is 1. The largest absolute Gasteiger partial charge is 0.481 e. The lowest BCUT2D eigenvalue weighted by molar-refractivity contribution is -0.147. The fourth-order valence-corrected chi connectivity index (χ4v) is 3.69. The molecule has 0 aliphatic carbocycles. The Bertz CT molecular complexity index is 1040.